The van der Waals surface area contributed by atoms with Gasteiger partial charge in [-0.2, -0.15) is 0 Å². The molecule has 2 aliphatic heterocycles. The zero-order valence-corrected chi connectivity index (χ0v) is 28.0. The van der Waals surface area contributed by atoms with Crippen molar-refractivity contribution in [1.82, 2.24) is 10.6 Å². The van der Waals surface area contributed by atoms with Gasteiger partial charge >= 0.3 is 12.2 Å². The number of nitrogens with one attached hydrogen (secondary N) is 4. The maximum absolute atomic E-state index is 10.5. The van der Waals surface area contributed by atoms with E-state index in [0.29, 0.717) is 40.0 Å². The maximum atomic E-state index is 10.5. The number of piperidine rings is 2. The fraction of sp³-hybridized carbons (Fsp3) is 0.600. The fourth-order valence-electron chi connectivity index (χ4n) is 7.56. The maximum Gasteiger partial charge on any atom is 0.409 e. The number of hydrogen-bond acceptors (Lipinski definition) is 4. The quantitative estimate of drug-likeness (QED) is 0.210. The molecule has 4 rings (SSSR count). The SMILES string of the molecule is CC1CC(C)(C)NC(C)(C)C1.CC1CC(C)(C)NC(C)(C)C1.O=C(O)Nc1ccc(Cc2ccc(NC(=O)O)cc2)cc1. The van der Waals surface area contributed by atoms with Crippen LogP contribution in [0.25, 0.3) is 0 Å². The van der Waals surface area contributed by atoms with Crippen LogP contribution in [-0.2, 0) is 6.42 Å². The molecule has 2 fully saturated rings. The number of anilines is 2. The molecule has 0 spiro atoms. The third kappa shape index (κ3) is 14.3. The van der Waals surface area contributed by atoms with Crippen LogP contribution in [0.5, 0.6) is 0 Å². The van der Waals surface area contributed by atoms with E-state index in [9.17, 15) is 9.59 Å². The molecule has 2 aromatic rings. The summed E-state index contributed by atoms with van der Waals surface area (Å²) in [6.07, 6.45) is 3.70. The topological polar surface area (TPSA) is 123 Å². The Labute approximate surface area is 259 Å². The van der Waals surface area contributed by atoms with Gasteiger partial charge in [0.05, 0.1) is 0 Å². The Balaban J connectivity index is 0.000000247. The van der Waals surface area contributed by atoms with E-state index < -0.39 is 12.2 Å². The van der Waals surface area contributed by atoms with Crippen LogP contribution in [0.2, 0.25) is 0 Å². The van der Waals surface area contributed by atoms with Gasteiger partial charge in [-0.1, -0.05) is 38.1 Å². The van der Waals surface area contributed by atoms with Crippen LogP contribution in [-0.4, -0.2) is 44.6 Å². The lowest BCUT2D eigenvalue weighted by Crippen LogP contribution is -2.57. The van der Waals surface area contributed by atoms with Crippen molar-refractivity contribution in [2.45, 2.75) is 123 Å². The van der Waals surface area contributed by atoms with Crippen LogP contribution < -0.4 is 21.3 Å². The summed E-state index contributed by atoms with van der Waals surface area (Å²) >= 11 is 0. The van der Waals surface area contributed by atoms with Crippen LogP contribution in [0.3, 0.4) is 0 Å². The van der Waals surface area contributed by atoms with E-state index in [2.05, 4.69) is 90.5 Å². The molecule has 2 saturated heterocycles. The van der Waals surface area contributed by atoms with E-state index in [1.807, 2.05) is 24.3 Å². The molecule has 8 nitrogen and oxygen atoms in total. The van der Waals surface area contributed by atoms with Crippen LogP contribution in [0.15, 0.2) is 48.5 Å². The van der Waals surface area contributed by atoms with Gasteiger partial charge in [0, 0.05) is 33.5 Å². The van der Waals surface area contributed by atoms with Crippen molar-refractivity contribution in [2.75, 3.05) is 10.6 Å². The highest BCUT2D eigenvalue weighted by Gasteiger charge is 2.36. The van der Waals surface area contributed by atoms with E-state index in [4.69, 9.17) is 10.2 Å². The minimum atomic E-state index is -1.09. The molecular formula is C35H56N4O4. The summed E-state index contributed by atoms with van der Waals surface area (Å²) in [4.78, 5) is 21.0. The lowest BCUT2D eigenvalue weighted by Gasteiger charge is -2.45. The molecule has 43 heavy (non-hydrogen) atoms. The lowest BCUT2D eigenvalue weighted by atomic mass is 9.77. The van der Waals surface area contributed by atoms with Gasteiger partial charge < -0.3 is 20.8 Å². The monoisotopic (exact) mass is 596 g/mol. The minimum absolute atomic E-state index is 0.334. The van der Waals surface area contributed by atoms with E-state index >= 15 is 0 Å². The number of carbonyl (C=O) groups is 2. The zero-order chi connectivity index (χ0) is 32.6. The van der Waals surface area contributed by atoms with Crippen molar-refractivity contribution in [1.29, 1.82) is 0 Å². The van der Waals surface area contributed by atoms with Gasteiger partial charge in [-0.25, -0.2) is 9.59 Å². The van der Waals surface area contributed by atoms with Crippen molar-refractivity contribution in [3.05, 3.63) is 59.7 Å². The molecule has 6 N–H and O–H groups in total. The molecule has 0 aromatic heterocycles. The number of amides is 2. The summed E-state index contributed by atoms with van der Waals surface area (Å²) < 4.78 is 0. The second kappa shape index (κ2) is 14.6. The highest BCUT2D eigenvalue weighted by Crippen LogP contribution is 2.33. The summed E-state index contributed by atoms with van der Waals surface area (Å²) in [6.45, 7) is 23.1. The normalized spacial score (nSPS) is 20.3. The average molecular weight is 597 g/mol. The molecule has 0 atom stereocenters. The van der Waals surface area contributed by atoms with E-state index in [1.54, 1.807) is 24.3 Å². The predicted octanol–water partition coefficient (Wildman–Crippen LogP) is 8.58. The first-order chi connectivity index (χ1) is 19.6. The molecular weight excluding hydrogens is 540 g/mol. The second-order valence-corrected chi connectivity index (χ2v) is 15.2. The van der Waals surface area contributed by atoms with Gasteiger partial charge in [0.2, 0.25) is 0 Å². The molecule has 240 valence electrons. The summed E-state index contributed by atoms with van der Waals surface area (Å²) in [5.74, 6) is 1.72. The first-order valence-electron chi connectivity index (χ1n) is 15.4. The number of benzene rings is 2. The van der Waals surface area contributed by atoms with E-state index in [-0.39, 0.29) is 0 Å². The van der Waals surface area contributed by atoms with Gasteiger partial charge in [-0.05, 0) is 135 Å². The highest BCUT2D eigenvalue weighted by molar-refractivity contribution is 5.83. The molecule has 0 unspecified atom stereocenters. The van der Waals surface area contributed by atoms with E-state index in [0.717, 1.165) is 23.0 Å². The minimum Gasteiger partial charge on any atom is -0.465 e. The third-order valence-corrected chi connectivity index (χ3v) is 7.61. The van der Waals surface area contributed by atoms with Crippen molar-refractivity contribution in [3.63, 3.8) is 0 Å². The molecule has 2 aromatic carbocycles. The number of rotatable bonds is 4. The Kier molecular flexibility index (Phi) is 12.2. The van der Waals surface area contributed by atoms with Gasteiger partial charge in [0.25, 0.3) is 0 Å². The summed E-state index contributed by atoms with van der Waals surface area (Å²) in [5, 5.41) is 29.1. The van der Waals surface area contributed by atoms with Gasteiger partial charge in [-0.15, -0.1) is 0 Å². The first kappa shape index (κ1) is 36.1. The van der Waals surface area contributed by atoms with Gasteiger partial charge in [-0.3, -0.25) is 10.6 Å². The van der Waals surface area contributed by atoms with Gasteiger partial charge in [0.15, 0.2) is 0 Å². The first-order valence-corrected chi connectivity index (χ1v) is 15.4. The number of hydrogen-bond donors (Lipinski definition) is 6. The standard InChI is InChI=1S/C15H14N2O4.2C10H21N/c18-14(19)16-12-5-1-10(2-6-12)9-11-3-7-13(8-4-11)17-15(20)21;2*1-8-6-9(2,3)11-10(4,5)7-8/h1-8,16-17H,9H2,(H,18,19)(H,20,21);2*8,11H,6-7H2,1-5H3. The third-order valence-electron chi connectivity index (χ3n) is 7.61. The molecule has 0 bridgehead atoms. The van der Waals surface area contributed by atoms with Crippen molar-refractivity contribution < 1.29 is 19.8 Å². The molecule has 8 heteroatoms. The Hall–Kier alpha value is -3.10. The van der Waals surface area contributed by atoms with Crippen molar-refractivity contribution in [2.24, 2.45) is 11.8 Å². The Morgan fingerprint density at radius 2 is 0.860 bits per heavy atom. The Morgan fingerprint density at radius 1 is 0.605 bits per heavy atom. The summed E-state index contributed by atoms with van der Waals surface area (Å²) in [7, 11) is 0. The Morgan fingerprint density at radius 3 is 1.07 bits per heavy atom. The molecule has 0 radical (unpaired) electrons. The lowest BCUT2D eigenvalue weighted by molar-refractivity contribution is 0.137. The average Bonchev–Trinajstić information content (AvgIpc) is 2.77. The molecule has 2 amide bonds. The molecule has 2 heterocycles. The van der Waals surface area contributed by atoms with E-state index in [1.165, 1.54) is 25.7 Å². The smallest absolute Gasteiger partial charge is 0.409 e. The molecule has 0 saturated carbocycles. The van der Waals surface area contributed by atoms with Crippen LogP contribution in [0, 0.1) is 11.8 Å². The largest absolute Gasteiger partial charge is 0.465 e. The summed E-state index contributed by atoms with van der Waals surface area (Å²) in [5.41, 5.74) is 4.44. The van der Waals surface area contributed by atoms with Gasteiger partial charge in [0.1, 0.15) is 0 Å². The van der Waals surface area contributed by atoms with Crippen molar-refractivity contribution >= 4 is 23.6 Å². The zero-order valence-electron chi connectivity index (χ0n) is 28.0. The fourth-order valence-corrected chi connectivity index (χ4v) is 7.56. The van der Waals surface area contributed by atoms with Crippen LogP contribution in [0.1, 0.15) is 106 Å². The van der Waals surface area contributed by atoms with Crippen molar-refractivity contribution in [3.8, 4) is 0 Å². The highest BCUT2D eigenvalue weighted by atomic mass is 16.4. The number of carboxylic acid groups (broad SMARTS) is 2. The summed E-state index contributed by atoms with van der Waals surface area (Å²) in [6, 6.07) is 14.2. The van der Waals surface area contributed by atoms with Crippen LogP contribution in [0.4, 0.5) is 21.0 Å². The predicted molar refractivity (Wildman–Crippen MR) is 178 cm³/mol. The molecule has 0 aliphatic carbocycles. The Bertz CT molecular complexity index is 1060. The second-order valence-electron chi connectivity index (χ2n) is 15.2. The molecule has 2 aliphatic rings. The van der Waals surface area contributed by atoms with Crippen LogP contribution >= 0.6 is 0 Å².